The van der Waals surface area contributed by atoms with Crippen molar-refractivity contribution in [2.75, 3.05) is 19.8 Å². The largest absolute Gasteiger partial charge is 0.490 e. The predicted molar refractivity (Wildman–Crippen MR) is 116 cm³/mol. The number of hydrogen-bond acceptors (Lipinski definition) is 5. The summed E-state index contributed by atoms with van der Waals surface area (Å²) in [5, 5.41) is 0.747. The topological polar surface area (TPSA) is 85.9 Å². The first kappa shape index (κ1) is 23.6. The summed E-state index contributed by atoms with van der Waals surface area (Å²) in [6, 6.07) is 8.02. The first-order valence-corrected chi connectivity index (χ1v) is 10.2. The Labute approximate surface area is 185 Å². The SMILES string of the molecule is CCOc1cc(C(=O)NNC(=O)Cc2c(Cl)cccc2Cl)cc(OCC)c1OCC. The number of hydrazine groups is 1. The van der Waals surface area contributed by atoms with Gasteiger partial charge in [-0.1, -0.05) is 29.3 Å². The smallest absolute Gasteiger partial charge is 0.269 e. The standard InChI is InChI=1S/C21H24Cl2N2O5/c1-4-28-17-10-13(11-18(29-5-2)20(17)30-6-3)21(27)25-24-19(26)12-14-15(22)8-7-9-16(14)23/h7-11H,4-6,12H2,1-3H3,(H,24,26)(H,25,27). The van der Waals surface area contributed by atoms with Crippen LogP contribution in [0.4, 0.5) is 0 Å². The molecule has 2 aromatic carbocycles. The van der Waals surface area contributed by atoms with Crippen LogP contribution in [0.1, 0.15) is 36.7 Å². The van der Waals surface area contributed by atoms with Gasteiger partial charge in [0.05, 0.1) is 26.2 Å². The Hall–Kier alpha value is -2.64. The van der Waals surface area contributed by atoms with Gasteiger partial charge in [0.1, 0.15) is 0 Å². The van der Waals surface area contributed by atoms with E-state index in [9.17, 15) is 9.59 Å². The van der Waals surface area contributed by atoms with E-state index in [2.05, 4.69) is 10.9 Å². The quantitative estimate of drug-likeness (QED) is 0.554. The molecule has 0 bridgehead atoms. The molecule has 30 heavy (non-hydrogen) atoms. The van der Waals surface area contributed by atoms with E-state index < -0.39 is 11.8 Å². The average Bonchev–Trinajstić information content (AvgIpc) is 2.71. The van der Waals surface area contributed by atoms with Crippen LogP contribution in [-0.2, 0) is 11.2 Å². The van der Waals surface area contributed by atoms with Gasteiger partial charge in [-0.2, -0.15) is 0 Å². The van der Waals surface area contributed by atoms with Crippen molar-refractivity contribution in [2.45, 2.75) is 27.2 Å². The van der Waals surface area contributed by atoms with Crippen LogP contribution in [0.5, 0.6) is 17.2 Å². The van der Waals surface area contributed by atoms with Gasteiger partial charge in [-0.05, 0) is 50.6 Å². The molecule has 0 aliphatic rings. The molecule has 2 N–H and O–H groups in total. The lowest BCUT2D eigenvalue weighted by molar-refractivity contribution is -0.121. The lowest BCUT2D eigenvalue weighted by Gasteiger charge is -2.17. The van der Waals surface area contributed by atoms with Crippen molar-refractivity contribution in [1.29, 1.82) is 0 Å². The molecule has 2 amide bonds. The van der Waals surface area contributed by atoms with Crippen molar-refractivity contribution in [1.82, 2.24) is 10.9 Å². The maximum atomic E-state index is 12.6. The van der Waals surface area contributed by atoms with Gasteiger partial charge in [0.15, 0.2) is 11.5 Å². The summed E-state index contributed by atoms with van der Waals surface area (Å²) in [6.07, 6.45) is -0.0868. The number of ether oxygens (including phenoxy) is 3. The minimum absolute atomic E-state index is 0.0868. The highest BCUT2D eigenvalue weighted by molar-refractivity contribution is 6.36. The number of rotatable bonds is 9. The van der Waals surface area contributed by atoms with Crippen LogP contribution in [0.25, 0.3) is 0 Å². The van der Waals surface area contributed by atoms with Gasteiger partial charge in [-0.25, -0.2) is 0 Å². The van der Waals surface area contributed by atoms with Crippen LogP contribution < -0.4 is 25.1 Å². The Morgan fingerprint density at radius 2 is 1.40 bits per heavy atom. The van der Waals surface area contributed by atoms with Crippen molar-refractivity contribution in [3.05, 3.63) is 51.5 Å². The van der Waals surface area contributed by atoms with Crippen molar-refractivity contribution >= 4 is 35.0 Å². The van der Waals surface area contributed by atoms with Crippen LogP contribution in [-0.4, -0.2) is 31.6 Å². The van der Waals surface area contributed by atoms with Crippen LogP contribution in [0.2, 0.25) is 10.0 Å². The van der Waals surface area contributed by atoms with E-state index in [-0.39, 0.29) is 12.0 Å². The highest BCUT2D eigenvalue weighted by Gasteiger charge is 2.19. The lowest BCUT2D eigenvalue weighted by Crippen LogP contribution is -2.42. The highest BCUT2D eigenvalue weighted by Crippen LogP contribution is 2.39. The van der Waals surface area contributed by atoms with Crippen LogP contribution >= 0.6 is 23.2 Å². The van der Waals surface area contributed by atoms with Gasteiger partial charge < -0.3 is 14.2 Å². The van der Waals surface area contributed by atoms with Gasteiger partial charge >= 0.3 is 0 Å². The van der Waals surface area contributed by atoms with E-state index in [0.29, 0.717) is 52.7 Å². The molecule has 0 spiro atoms. The van der Waals surface area contributed by atoms with E-state index in [1.807, 2.05) is 20.8 Å². The fraction of sp³-hybridized carbons (Fsp3) is 0.333. The number of nitrogens with one attached hydrogen (secondary N) is 2. The summed E-state index contributed by atoms with van der Waals surface area (Å²) in [4.78, 5) is 24.8. The molecular formula is C21H24Cl2N2O5. The normalized spacial score (nSPS) is 10.3. The molecular weight excluding hydrogens is 431 g/mol. The second-order valence-electron chi connectivity index (χ2n) is 5.98. The third kappa shape index (κ3) is 6.18. The van der Waals surface area contributed by atoms with E-state index in [1.165, 1.54) is 12.1 Å². The molecule has 0 saturated carbocycles. The molecule has 0 aliphatic heterocycles. The molecule has 0 unspecified atom stereocenters. The number of carbonyl (C=O) groups is 2. The maximum absolute atomic E-state index is 12.6. The molecule has 0 aliphatic carbocycles. The number of carbonyl (C=O) groups excluding carboxylic acids is 2. The molecule has 0 radical (unpaired) electrons. The lowest BCUT2D eigenvalue weighted by atomic mass is 10.1. The van der Waals surface area contributed by atoms with Crippen molar-refractivity contribution in [3.8, 4) is 17.2 Å². The summed E-state index contributed by atoms with van der Waals surface area (Å²) >= 11 is 12.2. The number of amides is 2. The van der Waals surface area contributed by atoms with E-state index in [4.69, 9.17) is 37.4 Å². The fourth-order valence-corrected chi connectivity index (χ4v) is 3.16. The first-order valence-electron chi connectivity index (χ1n) is 9.49. The molecule has 0 saturated heterocycles. The summed E-state index contributed by atoms with van der Waals surface area (Å²) < 4.78 is 16.8. The second kappa shape index (κ2) is 11.5. The zero-order valence-electron chi connectivity index (χ0n) is 17.0. The molecule has 0 fully saturated rings. The Bertz CT molecular complexity index is 858. The molecule has 0 heterocycles. The number of benzene rings is 2. The summed E-state index contributed by atoms with van der Waals surface area (Å²) in [7, 11) is 0. The van der Waals surface area contributed by atoms with E-state index >= 15 is 0 Å². The van der Waals surface area contributed by atoms with Gasteiger partial charge in [0, 0.05) is 15.6 Å². The Balaban J connectivity index is 2.14. The van der Waals surface area contributed by atoms with Crippen molar-refractivity contribution in [3.63, 3.8) is 0 Å². The molecule has 7 nitrogen and oxygen atoms in total. The monoisotopic (exact) mass is 454 g/mol. The van der Waals surface area contributed by atoms with Crippen LogP contribution in [0, 0.1) is 0 Å². The van der Waals surface area contributed by atoms with Gasteiger partial charge in [0.25, 0.3) is 5.91 Å². The third-order valence-electron chi connectivity index (χ3n) is 3.89. The van der Waals surface area contributed by atoms with Crippen LogP contribution in [0.3, 0.4) is 0 Å². The predicted octanol–water partition coefficient (Wildman–Crippen LogP) is 4.19. The summed E-state index contributed by atoms with van der Waals surface area (Å²) in [5.41, 5.74) is 5.44. The summed E-state index contributed by atoms with van der Waals surface area (Å²) in [6.45, 7) is 6.66. The van der Waals surface area contributed by atoms with Gasteiger partial charge in [0.2, 0.25) is 11.7 Å². The highest BCUT2D eigenvalue weighted by atomic mass is 35.5. The molecule has 2 rings (SSSR count). The number of halogens is 2. The third-order valence-corrected chi connectivity index (χ3v) is 4.59. The van der Waals surface area contributed by atoms with Crippen molar-refractivity contribution in [2.24, 2.45) is 0 Å². The van der Waals surface area contributed by atoms with E-state index in [1.54, 1.807) is 18.2 Å². The molecule has 2 aromatic rings. The average molecular weight is 455 g/mol. The van der Waals surface area contributed by atoms with Gasteiger partial charge in [-0.3, -0.25) is 20.4 Å². The second-order valence-corrected chi connectivity index (χ2v) is 6.79. The fourth-order valence-electron chi connectivity index (χ4n) is 2.62. The molecule has 0 atom stereocenters. The molecule has 0 aromatic heterocycles. The van der Waals surface area contributed by atoms with Crippen molar-refractivity contribution < 1.29 is 23.8 Å². The summed E-state index contributed by atoms with van der Waals surface area (Å²) in [5.74, 6) is 0.169. The zero-order chi connectivity index (χ0) is 22.1. The van der Waals surface area contributed by atoms with Gasteiger partial charge in [-0.15, -0.1) is 0 Å². The Kier molecular flexibility index (Phi) is 9.08. The number of hydrogen-bond donors (Lipinski definition) is 2. The zero-order valence-corrected chi connectivity index (χ0v) is 18.5. The molecule has 9 heteroatoms. The Morgan fingerprint density at radius 3 is 1.90 bits per heavy atom. The van der Waals surface area contributed by atoms with Crippen LogP contribution in [0.15, 0.2) is 30.3 Å². The Morgan fingerprint density at radius 1 is 0.867 bits per heavy atom. The minimum atomic E-state index is -0.543. The minimum Gasteiger partial charge on any atom is -0.490 e. The first-order chi connectivity index (χ1) is 14.4. The maximum Gasteiger partial charge on any atom is 0.269 e. The molecule has 162 valence electrons. The van der Waals surface area contributed by atoms with E-state index in [0.717, 1.165) is 0 Å².